The lowest BCUT2D eigenvalue weighted by molar-refractivity contribution is -0.199. The van der Waals surface area contributed by atoms with E-state index >= 15 is 0 Å². The average Bonchev–Trinajstić information content (AvgIpc) is 1.75. The Labute approximate surface area is 84.7 Å². The average molecular weight is 236 g/mol. The Morgan fingerprint density at radius 2 is 1.07 bits per heavy atom. The second kappa shape index (κ2) is 4.22. The molecular formula is C9H14F6. The summed E-state index contributed by atoms with van der Waals surface area (Å²) in [6.07, 6.45) is -11.9. The number of rotatable bonds is 3. The molecule has 0 aromatic heterocycles. The van der Waals surface area contributed by atoms with E-state index in [0.29, 0.717) is 0 Å². The van der Waals surface area contributed by atoms with Crippen molar-refractivity contribution in [3.63, 3.8) is 0 Å². The van der Waals surface area contributed by atoms with Crippen molar-refractivity contribution in [1.29, 1.82) is 0 Å². The molecule has 0 aromatic carbocycles. The lowest BCUT2D eigenvalue weighted by Crippen LogP contribution is -2.34. The predicted molar refractivity (Wildman–Crippen MR) is 44.3 cm³/mol. The number of hydrogen-bond donors (Lipinski definition) is 0. The minimum absolute atomic E-state index is 0.680. The highest BCUT2D eigenvalue weighted by Crippen LogP contribution is 2.46. The zero-order valence-corrected chi connectivity index (χ0v) is 8.76. The Balaban J connectivity index is 4.76. The van der Waals surface area contributed by atoms with E-state index < -0.39 is 36.5 Å². The third-order valence-corrected chi connectivity index (χ3v) is 2.60. The maximum atomic E-state index is 12.1. The van der Waals surface area contributed by atoms with Crippen LogP contribution in [0.3, 0.4) is 0 Å². The molecule has 0 radical (unpaired) electrons. The molecule has 0 amide bonds. The van der Waals surface area contributed by atoms with Crippen LogP contribution in [0.15, 0.2) is 0 Å². The van der Waals surface area contributed by atoms with Crippen LogP contribution < -0.4 is 0 Å². The highest BCUT2D eigenvalue weighted by molar-refractivity contribution is 4.83. The Morgan fingerprint density at radius 3 is 1.20 bits per heavy atom. The lowest BCUT2D eigenvalue weighted by atomic mass is 9.73. The second-order valence-electron chi connectivity index (χ2n) is 4.39. The van der Waals surface area contributed by atoms with Crippen LogP contribution in [0, 0.1) is 11.3 Å². The van der Waals surface area contributed by atoms with Crippen molar-refractivity contribution in [2.24, 2.45) is 11.3 Å². The van der Waals surface area contributed by atoms with E-state index in [9.17, 15) is 26.3 Å². The smallest absolute Gasteiger partial charge is 0.171 e. The Morgan fingerprint density at radius 1 is 0.800 bits per heavy atom. The summed E-state index contributed by atoms with van der Waals surface area (Å²) in [5.41, 5.74) is -1.78. The molecule has 0 saturated carbocycles. The summed E-state index contributed by atoms with van der Waals surface area (Å²) in [5, 5.41) is 0. The summed E-state index contributed by atoms with van der Waals surface area (Å²) in [6, 6.07) is 0. The van der Waals surface area contributed by atoms with Gasteiger partial charge in [0.2, 0.25) is 0 Å². The normalized spacial score (nSPS) is 14.8. The number of hydrogen-bond acceptors (Lipinski definition) is 0. The fourth-order valence-corrected chi connectivity index (χ4v) is 1.39. The maximum Gasteiger partial charge on any atom is 0.389 e. The maximum absolute atomic E-state index is 12.1. The zero-order valence-electron chi connectivity index (χ0n) is 8.76. The van der Waals surface area contributed by atoms with Gasteiger partial charge in [0.05, 0.1) is 0 Å². The third-order valence-electron chi connectivity index (χ3n) is 2.60. The molecule has 92 valence electrons. The van der Waals surface area contributed by atoms with Gasteiger partial charge in [-0.1, -0.05) is 20.8 Å². The zero-order chi connectivity index (χ0) is 12.5. The second-order valence-corrected chi connectivity index (χ2v) is 4.39. The van der Waals surface area contributed by atoms with Crippen molar-refractivity contribution in [2.75, 3.05) is 0 Å². The van der Waals surface area contributed by atoms with Crippen LogP contribution in [0.1, 0.15) is 33.6 Å². The first-order chi connectivity index (χ1) is 6.36. The van der Waals surface area contributed by atoms with Crippen molar-refractivity contribution in [3.8, 4) is 0 Å². The monoisotopic (exact) mass is 236 g/mol. The summed E-state index contributed by atoms with van der Waals surface area (Å²) in [6.45, 7) is 3.77. The van der Waals surface area contributed by atoms with Crippen molar-refractivity contribution < 1.29 is 26.3 Å². The minimum atomic E-state index is -4.57. The predicted octanol–water partition coefficient (Wildman–Crippen LogP) is 4.55. The van der Waals surface area contributed by atoms with E-state index in [-0.39, 0.29) is 0 Å². The molecule has 0 heterocycles. The minimum Gasteiger partial charge on any atom is -0.171 e. The van der Waals surface area contributed by atoms with Crippen LogP contribution in [0.5, 0.6) is 0 Å². The van der Waals surface area contributed by atoms with Crippen LogP contribution >= 0.6 is 0 Å². The Kier molecular flexibility index (Phi) is 4.10. The molecule has 0 fully saturated rings. The molecule has 0 N–H and O–H groups in total. The van der Waals surface area contributed by atoms with Crippen molar-refractivity contribution in [1.82, 2.24) is 0 Å². The summed E-state index contributed by atoms with van der Waals surface area (Å²) in [4.78, 5) is 0. The molecule has 0 rings (SSSR count). The molecule has 6 heteroatoms. The van der Waals surface area contributed by atoms with Crippen molar-refractivity contribution in [3.05, 3.63) is 0 Å². The van der Waals surface area contributed by atoms with Gasteiger partial charge >= 0.3 is 12.4 Å². The van der Waals surface area contributed by atoms with E-state index in [1.807, 2.05) is 0 Å². The molecule has 0 saturated heterocycles. The first-order valence-electron chi connectivity index (χ1n) is 4.49. The van der Waals surface area contributed by atoms with Crippen molar-refractivity contribution >= 4 is 0 Å². The van der Waals surface area contributed by atoms with Gasteiger partial charge in [0.15, 0.2) is 0 Å². The van der Waals surface area contributed by atoms with Gasteiger partial charge in [0.25, 0.3) is 0 Å². The fraction of sp³-hybridized carbons (Fsp3) is 1.00. The van der Waals surface area contributed by atoms with Crippen LogP contribution in [-0.4, -0.2) is 12.4 Å². The molecule has 0 aromatic rings. The largest absolute Gasteiger partial charge is 0.389 e. The third kappa shape index (κ3) is 5.89. The molecule has 0 nitrogen and oxygen atoms in total. The number of halogens is 6. The topological polar surface area (TPSA) is 0 Å². The Hall–Kier alpha value is -0.420. The SMILES string of the molecule is CC(C)C(C)(CC(F)(F)F)CC(F)(F)F. The Bertz CT molecular complexity index is 184. The van der Waals surface area contributed by atoms with Crippen LogP contribution in [0.4, 0.5) is 26.3 Å². The van der Waals surface area contributed by atoms with Gasteiger partial charge in [-0.2, -0.15) is 26.3 Å². The molecule has 0 aliphatic carbocycles. The van der Waals surface area contributed by atoms with Crippen molar-refractivity contribution in [2.45, 2.75) is 46.0 Å². The first-order valence-corrected chi connectivity index (χ1v) is 4.49. The van der Waals surface area contributed by atoms with Gasteiger partial charge in [-0.15, -0.1) is 0 Å². The lowest BCUT2D eigenvalue weighted by Gasteiger charge is -2.35. The van der Waals surface area contributed by atoms with Crippen LogP contribution in [0.25, 0.3) is 0 Å². The molecular weight excluding hydrogens is 222 g/mol. The molecule has 0 unspecified atom stereocenters. The van der Waals surface area contributed by atoms with Gasteiger partial charge in [-0.3, -0.25) is 0 Å². The van der Waals surface area contributed by atoms with E-state index in [1.54, 1.807) is 0 Å². The molecule has 0 bridgehead atoms. The first kappa shape index (κ1) is 14.6. The number of alkyl halides is 6. The highest BCUT2D eigenvalue weighted by atomic mass is 19.4. The van der Waals surface area contributed by atoms with Crippen LogP contribution in [0.2, 0.25) is 0 Å². The van der Waals surface area contributed by atoms with Gasteiger partial charge < -0.3 is 0 Å². The molecule has 0 spiro atoms. The molecule has 0 atom stereocenters. The van der Waals surface area contributed by atoms with Gasteiger partial charge in [0.1, 0.15) is 0 Å². The highest BCUT2D eigenvalue weighted by Gasteiger charge is 2.47. The van der Waals surface area contributed by atoms with E-state index in [4.69, 9.17) is 0 Å². The molecule has 15 heavy (non-hydrogen) atoms. The van der Waals surface area contributed by atoms with E-state index in [1.165, 1.54) is 13.8 Å². The summed E-state index contributed by atoms with van der Waals surface area (Å²) >= 11 is 0. The molecule has 0 aliphatic rings. The fourth-order valence-electron chi connectivity index (χ4n) is 1.39. The van der Waals surface area contributed by atoms with Gasteiger partial charge in [-0.05, 0) is 11.3 Å². The quantitative estimate of drug-likeness (QED) is 0.630. The van der Waals surface area contributed by atoms with E-state index in [2.05, 4.69) is 0 Å². The van der Waals surface area contributed by atoms with Gasteiger partial charge in [0, 0.05) is 12.8 Å². The van der Waals surface area contributed by atoms with Gasteiger partial charge in [-0.25, -0.2) is 0 Å². The molecule has 0 aliphatic heterocycles. The van der Waals surface area contributed by atoms with Crippen LogP contribution in [-0.2, 0) is 0 Å². The summed E-state index contributed by atoms with van der Waals surface area (Å²) in [7, 11) is 0. The summed E-state index contributed by atoms with van der Waals surface area (Å²) < 4.78 is 72.7. The van der Waals surface area contributed by atoms with E-state index in [0.717, 1.165) is 6.92 Å². The summed E-state index contributed by atoms with van der Waals surface area (Å²) in [5.74, 6) is -0.680. The standard InChI is InChI=1S/C9H14F6/c1-6(2)7(3,4-8(10,11)12)5-9(13,14)15/h6H,4-5H2,1-3H3.